The molecule has 0 saturated carbocycles. The number of nitrogens with one attached hydrogen (secondary N) is 1. The van der Waals surface area contributed by atoms with Crippen LogP contribution in [0.2, 0.25) is 0 Å². The van der Waals surface area contributed by atoms with Crippen LogP contribution in [-0.4, -0.2) is 55.4 Å². The Morgan fingerprint density at radius 3 is 2.72 bits per heavy atom. The van der Waals surface area contributed by atoms with E-state index < -0.39 is 12.0 Å². The first-order chi connectivity index (χ1) is 11.7. The summed E-state index contributed by atoms with van der Waals surface area (Å²) >= 11 is 0. The van der Waals surface area contributed by atoms with Gasteiger partial charge in [0.15, 0.2) is 0 Å². The number of rotatable bonds is 6. The van der Waals surface area contributed by atoms with E-state index in [2.05, 4.69) is 15.6 Å². The van der Waals surface area contributed by atoms with Crippen molar-refractivity contribution < 1.29 is 19.5 Å². The van der Waals surface area contributed by atoms with Crippen LogP contribution in [0.5, 0.6) is 0 Å². The molecule has 1 aliphatic heterocycles. The first kappa shape index (κ1) is 18.9. The summed E-state index contributed by atoms with van der Waals surface area (Å²) in [5, 5.41) is 19.0. The average Bonchev–Trinajstić information content (AvgIpc) is 3.11. The lowest BCUT2D eigenvalue weighted by Crippen LogP contribution is -2.46. The van der Waals surface area contributed by atoms with Gasteiger partial charge in [0, 0.05) is 13.0 Å². The standard InChI is InChI=1S/C16H25N5O4/c1-16(2,3)7-13(22)21-6-4-5-12(21)15(25)17-8-11-9-20(19-18-11)10-14(23)24/h9,12H,4-8,10H2,1-3H3,(H,17,25)(H,23,24). The van der Waals surface area contributed by atoms with Crippen LogP contribution >= 0.6 is 0 Å². The van der Waals surface area contributed by atoms with Gasteiger partial charge in [-0.05, 0) is 18.3 Å². The molecule has 1 unspecified atom stereocenters. The SMILES string of the molecule is CC(C)(C)CC(=O)N1CCCC1C(=O)NCc1cn(CC(=O)O)nn1. The molecular formula is C16H25N5O4. The predicted octanol–water partition coefficient (Wildman–Crippen LogP) is 0.406. The Bertz CT molecular complexity index is 649. The van der Waals surface area contributed by atoms with Crippen molar-refractivity contribution in [1.82, 2.24) is 25.2 Å². The van der Waals surface area contributed by atoms with Crippen molar-refractivity contribution in [1.29, 1.82) is 0 Å². The summed E-state index contributed by atoms with van der Waals surface area (Å²) in [5.41, 5.74) is 0.351. The van der Waals surface area contributed by atoms with Gasteiger partial charge >= 0.3 is 5.97 Å². The van der Waals surface area contributed by atoms with Crippen LogP contribution in [0.15, 0.2) is 6.20 Å². The molecule has 9 heteroatoms. The second-order valence-corrected chi connectivity index (χ2v) is 7.50. The number of likely N-dealkylation sites (tertiary alicyclic amines) is 1. The predicted molar refractivity (Wildman–Crippen MR) is 88.3 cm³/mol. The maximum absolute atomic E-state index is 12.4. The van der Waals surface area contributed by atoms with E-state index in [0.717, 1.165) is 6.42 Å². The van der Waals surface area contributed by atoms with E-state index in [1.54, 1.807) is 4.90 Å². The van der Waals surface area contributed by atoms with Gasteiger partial charge in [-0.3, -0.25) is 14.4 Å². The van der Waals surface area contributed by atoms with Gasteiger partial charge in [-0.2, -0.15) is 0 Å². The average molecular weight is 351 g/mol. The lowest BCUT2D eigenvalue weighted by molar-refractivity contribution is -0.139. The summed E-state index contributed by atoms with van der Waals surface area (Å²) in [6, 6.07) is -0.455. The molecule has 2 N–H and O–H groups in total. The first-order valence-electron chi connectivity index (χ1n) is 8.34. The molecule has 1 fully saturated rings. The number of hydrogen-bond donors (Lipinski definition) is 2. The Morgan fingerprint density at radius 2 is 2.08 bits per heavy atom. The molecule has 0 radical (unpaired) electrons. The van der Waals surface area contributed by atoms with Gasteiger partial charge in [0.2, 0.25) is 11.8 Å². The maximum atomic E-state index is 12.4. The molecule has 0 spiro atoms. The first-order valence-corrected chi connectivity index (χ1v) is 8.34. The van der Waals surface area contributed by atoms with Crippen molar-refractivity contribution in [3.8, 4) is 0 Å². The number of aromatic nitrogens is 3. The number of carboxylic acid groups (broad SMARTS) is 1. The Balaban J connectivity index is 1.90. The molecule has 25 heavy (non-hydrogen) atoms. The minimum atomic E-state index is -1.01. The highest BCUT2D eigenvalue weighted by Gasteiger charge is 2.35. The zero-order valence-electron chi connectivity index (χ0n) is 14.9. The van der Waals surface area contributed by atoms with Crippen molar-refractivity contribution in [2.75, 3.05) is 6.54 Å². The van der Waals surface area contributed by atoms with Crippen LogP contribution in [0.3, 0.4) is 0 Å². The quantitative estimate of drug-likeness (QED) is 0.766. The second-order valence-electron chi connectivity index (χ2n) is 7.50. The Hall–Kier alpha value is -2.45. The summed E-state index contributed by atoms with van der Waals surface area (Å²) in [4.78, 5) is 37.1. The third-order valence-electron chi connectivity index (χ3n) is 3.88. The molecular weight excluding hydrogens is 326 g/mol. The molecule has 1 saturated heterocycles. The fraction of sp³-hybridized carbons (Fsp3) is 0.688. The second kappa shape index (κ2) is 7.62. The lowest BCUT2D eigenvalue weighted by Gasteiger charge is -2.27. The summed E-state index contributed by atoms with van der Waals surface area (Å²) in [7, 11) is 0. The number of amides is 2. The lowest BCUT2D eigenvalue weighted by atomic mass is 9.91. The number of carbonyl (C=O) groups is 3. The summed E-state index contributed by atoms with van der Waals surface area (Å²) in [6.07, 6.45) is 3.34. The molecule has 2 rings (SSSR count). The van der Waals surface area contributed by atoms with Crippen LogP contribution in [-0.2, 0) is 27.5 Å². The van der Waals surface area contributed by atoms with Gasteiger partial charge < -0.3 is 15.3 Å². The van der Waals surface area contributed by atoms with Crippen molar-refractivity contribution in [2.45, 2.75) is 59.2 Å². The summed E-state index contributed by atoms with van der Waals surface area (Å²) in [5.74, 6) is -1.23. The third kappa shape index (κ3) is 5.54. The van der Waals surface area contributed by atoms with E-state index in [-0.39, 0.29) is 30.3 Å². The van der Waals surface area contributed by atoms with E-state index >= 15 is 0 Å². The Morgan fingerprint density at radius 1 is 1.36 bits per heavy atom. The zero-order valence-corrected chi connectivity index (χ0v) is 14.9. The topological polar surface area (TPSA) is 117 Å². The Kier molecular flexibility index (Phi) is 5.76. The molecule has 1 aliphatic rings. The molecule has 0 aliphatic carbocycles. The molecule has 2 amide bonds. The normalized spacial score (nSPS) is 17.6. The van der Waals surface area contributed by atoms with Crippen molar-refractivity contribution in [3.05, 3.63) is 11.9 Å². The van der Waals surface area contributed by atoms with E-state index in [1.165, 1.54) is 10.9 Å². The molecule has 2 heterocycles. The highest BCUT2D eigenvalue weighted by atomic mass is 16.4. The summed E-state index contributed by atoms with van der Waals surface area (Å²) < 4.78 is 1.19. The number of nitrogens with zero attached hydrogens (tertiary/aromatic N) is 4. The minimum absolute atomic E-state index is 0.00227. The van der Waals surface area contributed by atoms with Gasteiger partial charge in [-0.15, -0.1) is 5.10 Å². The molecule has 138 valence electrons. The smallest absolute Gasteiger partial charge is 0.325 e. The van der Waals surface area contributed by atoms with Gasteiger partial charge in [-0.1, -0.05) is 26.0 Å². The van der Waals surface area contributed by atoms with Crippen molar-refractivity contribution in [2.24, 2.45) is 5.41 Å². The van der Waals surface area contributed by atoms with Crippen LogP contribution in [0.25, 0.3) is 0 Å². The number of hydrogen-bond acceptors (Lipinski definition) is 5. The molecule has 9 nitrogen and oxygen atoms in total. The molecule has 0 aromatic carbocycles. The fourth-order valence-electron chi connectivity index (χ4n) is 2.82. The Labute approximate surface area is 146 Å². The fourth-order valence-corrected chi connectivity index (χ4v) is 2.82. The number of aliphatic carboxylic acids is 1. The monoisotopic (exact) mass is 351 g/mol. The van der Waals surface area contributed by atoms with E-state index in [4.69, 9.17) is 5.11 Å². The number of carbonyl (C=O) groups excluding carboxylic acids is 2. The van der Waals surface area contributed by atoms with Gasteiger partial charge in [0.25, 0.3) is 0 Å². The summed E-state index contributed by atoms with van der Waals surface area (Å²) in [6.45, 7) is 6.46. The largest absolute Gasteiger partial charge is 0.480 e. The van der Waals surface area contributed by atoms with Gasteiger partial charge in [-0.25, -0.2) is 4.68 Å². The van der Waals surface area contributed by atoms with E-state index in [1.807, 2.05) is 20.8 Å². The molecule has 0 bridgehead atoms. The van der Waals surface area contributed by atoms with E-state index in [9.17, 15) is 14.4 Å². The molecule has 1 aromatic rings. The highest BCUT2D eigenvalue weighted by molar-refractivity contribution is 5.88. The van der Waals surface area contributed by atoms with Gasteiger partial charge in [0.1, 0.15) is 18.3 Å². The molecule has 1 atom stereocenters. The molecule has 1 aromatic heterocycles. The van der Waals surface area contributed by atoms with Crippen LogP contribution in [0.1, 0.15) is 45.7 Å². The van der Waals surface area contributed by atoms with E-state index in [0.29, 0.717) is 25.1 Å². The third-order valence-corrected chi connectivity index (χ3v) is 3.88. The van der Waals surface area contributed by atoms with Crippen LogP contribution < -0.4 is 5.32 Å². The van der Waals surface area contributed by atoms with Crippen LogP contribution in [0, 0.1) is 5.41 Å². The minimum Gasteiger partial charge on any atom is -0.480 e. The highest BCUT2D eigenvalue weighted by Crippen LogP contribution is 2.24. The van der Waals surface area contributed by atoms with Gasteiger partial charge in [0.05, 0.1) is 12.7 Å². The van der Waals surface area contributed by atoms with Crippen LogP contribution in [0.4, 0.5) is 0 Å². The van der Waals surface area contributed by atoms with Crippen molar-refractivity contribution >= 4 is 17.8 Å². The van der Waals surface area contributed by atoms with Crippen molar-refractivity contribution in [3.63, 3.8) is 0 Å². The number of carboxylic acids is 1. The zero-order chi connectivity index (χ0) is 18.6. The maximum Gasteiger partial charge on any atom is 0.325 e.